The van der Waals surface area contributed by atoms with Crippen molar-refractivity contribution in [3.05, 3.63) is 58.7 Å². The van der Waals surface area contributed by atoms with Gasteiger partial charge in [0.2, 0.25) is 5.95 Å². The highest BCUT2D eigenvalue weighted by molar-refractivity contribution is 6.14. The van der Waals surface area contributed by atoms with E-state index in [0.717, 1.165) is 5.56 Å². The van der Waals surface area contributed by atoms with Gasteiger partial charge in [-0.15, -0.1) is 5.10 Å². The summed E-state index contributed by atoms with van der Waals surface area (Å²) >= 11 is 0. The van der Waals surface area contributed by atoms with Crippen LogP contribution in [0.1, 0.15) is 37.8 Å². The van der Waals surface area contributed by atoms with Crippen molar-refractivity contribution in [3.8, 4) is 22.4 Å². The zero-order valence-electron chi connectivity index (χ0n) is 24.2. The van der Waals surface area contributed by atoms with E-state index in [2.05, 4.69) is 20.4 Å². The number of hydrogen-bond donors (Lipinski definition) is 3. The number of nitrogens with zero attached hydrogens (tertiary/aromatic N) is 5. The topological polar surface area (TPSA) is 141 Å². The molecule has 1 aliphatic carbocycles. The number of carbonyl (C=O) groups is 1. The lowest BCUT2D eigenvalue weighted by Gasteiger charge is -2.26. The van der Waals surface area contributed by atoms with Crippen molar-refractivity contribution in [2.45, 2.75) is 50.0 Å². The summed E-state index contributed by atoms with van der Waals surface area (Å²) in [6.07, 6.45) is 3.37. The number of nitrogens with one attached hydrogen (secondary N) is 2. The lowest BCUT2D eigenvalue weighted by Crippen LogP contribution is -2.41. The molecule has 1 saturated carbocycles. The number of imidazole rings is 1. The molecular formula is C30H32FN7O5. The number of hydrogen-bond acceptors (Lipinski definition) is 7. The molecule has 0 saturated heterocycles. The molecule has 3 aliphatic rings. The third kappa shape index (κ3) is 4.25. The minimum atomic E-state index is -1.20. The average molecular weight is 590 g/mol. The molecule has 224 valence electrons. The molecule has 3 N–H and O–H groups in total. The summed E-state index contributed by atoms with van der Waals surface area (Å²) in [7, 11) is 4.65. The lowest BCUT2D eigenvalue weighted by atomic mass is 9.90. The second-order valence-corrected chi connectivity index (χ2v) is 11.7. The number of aromatic amines is 1. The fourth-order valence-electron chi connectivity index (χ4n) is 6.72. The molecule has 1 aromatic carbocycles. The van der Waals surface area contributed by atoms with Gasteiger partial charge in [-0.2, -0.15) is 4.39 Å². The molecule has 12 nitrogen and oxygen atoms in total. The number of aryl methyl sites for hydroxylation is 2. The molecule has 6 heterocycles. The van der Waals surface area contributed by atoms with Gasteiger partial charge in [-0.25, -0.2) is 14.6 Å². The van der Waals surface area contributed by atoms with Gasteiger partial charge in [0, 0.05) is 38.3 Å². The van der Waals surface area contributed by atoms with Gasteiger partial charge in [0.05, 0.1) is 65.3 Å². The standard InChI is InChI=1S/C30H32FN7O5/c1-30(41)9-10-43-21-12-17(11-19(21)33-28(39)42-4)38-25-20(37(3)29(38)40)13-32-27-23(25)22(15-5-7-16(30)8-6-15)24(34-27)18-14-36(2)35-26(18)31/h5-8,13-14,17,19,21,41H,9-12H2,1-4H3,(H,32,34)(H,33,39)/t17-,19-,21+,30-/m0/s1. The Morgan fingerprint density at radius 1 is 1.26 bits per heavy atom. The molecule has 1 fully saturated rings. The van der Waals surface area contributed by atoms with Gasteiger partial charge in [-0.3, -0.25) is 13.8 Å². The Balaban J connectivity index is 1.56. The molecule has 4 aromatic heterocycles. The van der Waals surface area contributed by atoms with Crippen LogP contribution in [0.15, 0.2) is 41.5 Å². The van der Waals surface area contributed by atoms with Crippen LogP contribution in [0.3, 0.4) is 0 Å². The number of fused-ring (bicyclic) bond motifs is 5. The van der Waals surface area contributed by atoms with Crippen molar-refractivity contribution in [3.63, 3.8) is 0 Å². The molecule has 1 amide bonds. The zero-order chi connectivity index (χ0) is 30.2. The average Bonchev–Trinajstić information content (AvgIpc) is 3.71. The van der Waals surface area contributed by atoms with Crippen LogP contribution >= 0.6 is 0 Å². The predicted molar refractivity (Wildman–Crippen MR) is 156 cm³/mol. The number of rotatable bonds is 2. The fraction of sp³-hybridized carbons (Fsp3) is 0.400. The van der Waals surface area contributed by atoms with Gasteiger partial charge >= 0.3 is 11.8 Å². The van der Waals surface area contributed by atoms with Crippen molar-refractivity contribution in [2.75, 3.05) is 13.7 Å². The van der Waals surface area contributed by atoms with Gasteiger partial charge in [-0.1, -0.05) is 24.3 Å². The summed E-state index contributed by atoms with van der Waals surface area (Å²) in [5, 5.41) is 18.8. The van der Waals surface area contributed by atoms with Crippen LogP contribution in [0.2, 0.25) is 0 Å². The van der Waals surface area contributed by atoms with Crippen LogP contribution in [0.25, 0.3) is 44.5 Å². The van der Waals surface area contributed by atoms with E-state index in [1.807, 2.05) is 24.3 Å². The Labute approximate surface area is 245 Å². The third-order valence-corrected chi connectivity index (χ3v) is 8.97. The largest absolute Gasteiger partial charge is 0.453 e. The number of methoxy groups -OCH3 is 1. The molecule has 4 atom stereocenters. The highest BCUT2D eigenvalue weighted by Crippen LogP contribution is 2.44. The Morgan fingerprint density at radius 2 is 2.02 bits per heavy atom. The van der Waals surface area contributed by atoms with E-state index in [9.17, 15) is 14.7 Å². The minimum absolute atomic E-state index is 0.231. The number of halogens is 1. The van der Waals surface area contributed by atoms with E-state index in [-0.39, 0.29) is 23.9 Å². The normalized spacial score (nSPS) is 23.6. The summed E-state index contributed by atoms with van der Waals surface area (Å²) in [5.74, 6) is -0.644. The van der Waals surface area contributed by atoms with Crippen molar-refractivity contribution in [2.24, 2.45) is 14.1 Å². The van der Waals surface area contributed by atoms with Crippen molar-refractivity contribution in [1.82, 2.24) is 34.2 Å². The van der Waals surface area contributed by atoms with Crippen molar-refractivity contribution < 1.29 is 23.8 Å². The number of aliphatic hydroxyl groups is 1. The smallest absolute Gasteiger partial charge is 0.407 e. The Hall–Kier alpha value is -4.49. The number of carbonyl (C=O) groups excluding carboxylic acids is 1. The lowest BCUT2D eigenvalue weighted by molar-refractivity contribution is -0.0192. The third-order valence-electron chi connectivity index (χ3n) is 8.97. The second kappa shape index (κ2) is 9.78. The van der Waals surface area contributed by atoms with Gasteiger partial charge in [0.1, 0.15) is 5.65 Å². The van der Waals surface area contributed by atoms with E-state index in [0.29, 0.717) is 58.2 Å². The number of ether oxygens (including phenoxy) is 2. The number of H-pyrrole nitrogens is 1. The van der Waals surface area contributed by atoms with Gasteiger partial charge in [0.15, 0.2) is 0 Å². The number of amides is 1. The number of pyridine rings is 1. The van der Waals surface area contributed by atoms with E-state index < -0.39 is 29.8 Å². The maximum absolute atomic E-state index is 15.2. The van der Waals surface area contributed by atoms with Gasteiger partial charge in [0.25, 0.3) is 0 Å². The van der Waals surface area contributed by atoms with Crippen LogP contribution in [-0.2, 0) is 29.2 Å². The second-order valence-electron chi connectivity index (χ2n) is 11.7. The van der Waals surface area contributed by atoms with Gasteiger partial charge in [-0.05, 0) is 30.9 Å². The predicted octanol–water partition coefficient (Wildman–Crippen LogP) is 3.48. The monoisotopic (exact) mass is 589 g/mol. The molecule has 2 aliphatic heterocycles. The van der Waals surface area contributed by atoms with Crippen LogP contribution in [0.4, 0.5) is 9.18 Å². The Kier molecular flexibility index (Phi) is 6.22. The molecule has 0 radical (unpaired) electrons. The fourth-order valence-corrected chi connectivity index (χ4v) is 6.72. The number of alkyl carbamates (subject to hydrolysis) is 1. The van der Waals surface area contributed by atoms with Crippen molar-refractivity contribution >= 4 is 28.2 Å². The first-order valence-corrected chi connectivity index (χ1v) is 14.2. The summed E-state index contributed by atoms with van der Waals surface area (Å²) < 4.78 is 31.1. The molecule has 8 rings (SSSR count). The highest BCUT2D eigenvalue weighted by atomic mass is 19.1. The molecule has 0 unspecified atom stereocenters. The summed E-state index contributed by atoms with van der Waals surface area (Å²) in [5.41, 5.74) is 3.15. The molecule has 43 heavy (non-hydrogen) atoms. The zero-order valence-corrected chi connectivity index (χ0v) is 24.2. The maximum atomic E-state index is 15.2. The Morgan fingerprint density at radius 3 is 2.72 bits per heavy atom. The first kappa shape index (κ1) is 27.3. The van der Waals surface area contributed by atoms with E-state index in [1.54, 1.807) is 42.5 Å². The van der Waals surface area contributed by atoms with E-state index >= 15 is 4.39 Å². The molecule has 13 heteroatoms. The van der Waals surface area contributed by atoms with E-state index in [4.69, 9.17) is 9.47 Å². The van der Waals surface area contributed by atoms with Crippen LogP contribution < -0.4 is 11.0 Å². The number of aromatic nitrogens is 6. The SMILES string of the molecule is COC(=O)N[C@H]1C[C@H]2C[C@H]1OCC[C@](C)(O)c1ccc(cc1)-c1c(-c3cn(C)nc3F)[nH]c3ncc4c(c13)n2c(=O)n4C. The molecular weight excluding hydrogens is 557 g/mol. The molecule has 5 aromatic rings. The highest BCUT2D eigenvalue weighted by Gasteiger charge is 2.40. The summed E-state index contributed by atoms with van der Waals surface area (Å²) in [6, 6.07) is 6.68. The van der Waals surface area contributed by atoms with E-state index in [1.165, 1.54) is 11.8 Å². The summed E-state index contributed by atoms with van der Waals surface area (Å²) in [4.78, 5) is 34.2. The first-order valence-electron chi connectivity index (χ1n) is 14.2. The minimum Gasteiger partial charge on any atom is -0.453 e. The summed E-state index contributed by atoms with van der Waals surface area (Å²) in [6.45, 7) is 1.96. The molecule has 4 bridgehead atoms. The van der Waals surface area contributed by atoms with Crippen LogP contribution in [-0.4, -0.2) is 65.9 Å². The first-order chi connectivity index (χ1) is 20.6. The Bertz CT molecular complexity index is 1950. The van der Waals surface area contributed by atoms with Crippen LogP contribution in [0, 0.1) is 5.95 Å². The number of benzene rings is 1. The maximum Gasteiger partial charge on any atom is 0.407 e. The van der Waals surface area contributed by atoms with Crippen LogP contribution in [0.5, 0.6) is 0 Å². The molecule has 0 spiro atoms. The van der Waals surface area contributed by atoms with Gasteiger partial charge < -0.3 is 24.9 Å². The van der Waals surface area contributed by atoms with Crippen molar-refractivity contribution in [1.29, 1.82) is 0 Å². The quantitative estimate of drug-likeness (QED) is 0.286.